The Morgan fingerprint density at radius 3 is 2.64 bits per heavy atom. The van der Waals surface area contributed by atoms with E-state index in [0.29, 0.717) is 0 Å². The summed E-state index contributed by atoms with van der Waals surface area (Å²) in [6, 6.07) is 8.15. The Kier molecular flexibility index (Phi) is 6.66. The second kappa shape index (κ2) is 8.74. The van der Waals surface area contributed by atoms with Crippen LogP contribution in [0.25, 0.3) is 6.08 Å². The van der Waals surface area contributed by atoms with Crippen LogP contribution in [0.2, 0.25) is 0 Å². The molecule has 0 radical (unpaired) electrons. The van der Waals surface area contributed by atoms with Crippen LogP contribution >= 0.6 is 0 Å². The molecule has 1 saturated heterocycles. The van der Waals surface area contributed by atoms with Crippen LogP contribution in [-0.4, -0.2) is 37.0 Å². The highest BCUT2D eigenvalue weighted by Gasteiger charge is 2.14. The van der Waals surface area contributed by atoms with Crippen molar-refractivity contribution in [3.8, 4) is 0 Å². The number of likely N-dealkylation sites (tertiary alicyclic amines) is 1. The molecule has 3 nitrogen and oxygen atoms in total. The number of carbonyl (C=O) groups excluding carboxylic acids is 1. The van der Waals surface area contributed by atoms with Gasteiger partial charge in [0.1, 0.15) is 0 Å². The van der Waals surface area contributed by atoms with E-state index in [9.17, 15) is 4.79 Å². The van der Waals surface area contributed by atoms with Gasteiger partial charge in [-0.1, -0.05) is 36.8 Å². The largest absolute Gasteiger partial charge is 0.353 e. The molecule has 1 fully saturated rings. The number of rotatable bonds is 6. The van der Waals surface area contributed by atoms with Crippen LogP contribution in [0.15, 0.2) is 30.3 Å². The van der Waals surface area contributed by atoms with E-state index in [1.807, 2.05) is 18.2 Å². The average molecular weight is 300 g/mol. The van der Waals surface area contributed by atoms with Gasteiger partial charge in [-0.2, -0.15) is 0 Å². The Labute approximate surface area is 134 Å². The summed E-state index contributed by atoms with van der Waals surface area (Å²) in [7, 11) is 0. The highest BCUT2D eigenvalue weighted by Crippen LogP contribution is 2.15. The topological polar surface area (TPSA) is 32.3 Å². The summed E-state index contributed by atoms with van der Waals surface area (Å²) >= 11 is 0. The van der Waals surface area contributed by atoms with E-state index >= 15 is 0 Å². The summed E-state index contributed by atoms with van der Waals surface area (Å²) in [5, 5.41) is 2.96. The molecule has 0 bridgehead atoms. The van der Waals surface area contributed by atoms with E-state index < -0.39 is 0 Å². The number of hydrogen-bond donors (Lipinski definition) is 1. The van der Waals surface area contributed by atoms with Crippen LogP contribution < -0.4 is 5.32 Å². The van der Waals surface area contributed by atoms with Crippen molar-refractivity contribution in [3.05, 3.63) is 41.5 Å². The van der Waals surface area contributed by atoms with Crippen molar-refractivity contribution >= 4 is 12.0 Å². The molecule has 1 heterocycles. The molecule has 1 N–H and O–H groups in total. The van der Waals surface area contributed by atoms with E-state index in [1.54, 1.807) is 6.08 Å². The van der Waals surface area contributed by atoms with Crippen molar-refractivity contribution in [2.75, 3.05) is 26.2 Å². The number of piperidine rings is 1. The molecular formula is C19H28N2O. The molecule has 120 valence electrons. The normalized spacial score (nSPS) is 17.0. The first kappa shape index (κ1) is 16.8. The van der Waals surface area contributed by atoms with Gasteiger partial charge in [0, 0.05) is 12.6 Å². The quantitative estimate of drug-likeness (QED) is 0.646. The zero-order chi connectivity index (χ0) is 15.8. The molecule has 1 aliphatic heterocycles. The molecule has 0 unspecified atom stereocenters. The predicted octanol–water partition coefficient (Wildman–Crippen LogP) is 3.25. The summed E-state index contributed by atoms with van der Waals surface area (Å²) in [5.41, 5.74) is 2.29. The lowest BCUT2D eigenvalue weighted by Gasteiger charge is -2.30. The Hall–Kier alpha value is -1.61. The van der Waals surface area contributed by atoms with Gasteiger partial charge in [-0.15, -0.1) is 0 Å². The zero-order valence-corrected chi connectivity index (χ0v) is 13.8. The Morgan fingerprint density at radius 1 is 1.27 bits per heavy atom. The molecule has 1 aliphatic rings. The first-order valence-electron chi connectivity index (χ1n) is 8.38. The van der Waals surface area contributed by atoms with Gasteiger partial charge in [0.25, 0.3) is 0 Å². The number of aryl methyl sites for hydroxylation is 1. The summed E-state index contributed by atoms with van der Waals surface area (Å²) in [6.07, 6.45) is 7.13. The van der Waals surface area contributed by atoms with E-state index in [0.717, 1.165) is 31.0 Å². The number of carbonyl (C=O) groups is 1. The lowest BCUT2D eigenvalue weighted by atomic mass is 9.99. The SMILES string of the molecule is Cc1ccc(/C=C/C(=O)NCCCN2CCC(C)CC2)cc1. The molecular weight excluding hydrogens is 272 g/mol. The molecule has 1 amide bonds. The van der Waals surface area contributed by atoms with Crippen molar-refractivity contribution < 1.29 is 4.79 Å². The molecule has 2 rings (SSSR count). The van der Waals surface area contributed by atoms with Gasteiger partial charge in [-0.3, -0.25) is 4.79 Å². The van der Waals surface area contributed by atoms with Gasteiger partial charge in [0.2, 0.25) is 5.91 Å². The third-order valence-electron chi connectivity index (χ3n) is 4.33. The van der Waals surface area contributed by atoms with Crippen molar-refractivity contribution in [3.63, 3.8) is 0 Å². The first-order chi connectivity index (χ1) is 10.6. The smallest absolute Gasteiger partial charge is 0.243 e. The van der Waals surface area contributed by atoms with Crippen molar-refractivity contribution in [2.45, 2.75) is 33.1 Å². The molecule has 3 heteroatoms. The molecule has 0 atom stereocenters. The highest BCUT2D eigenvalue weighted by molar-refractivity contribution is 5.91. The lowest BCUT2D eigenvalue weighted by molar-refractivity contribution is -0.116. The second-order valence-electron chi connectivity index (χ2n) is 6.41. The lowest BCUT2D eigenvalue weighted by Crippen LogP contribution is -2.35. The fourth-order valence-electron chi connectivity index (χ4n) is 2.71. The number of hydrogen-bond acceptors (Lipinski definition) is 2. The summed E-state index contributed by atoms with van der Waals surface area (Å²) in [5.74, 6) is 0.871. The molecule has 22 heavy (non-hydrogen) atoms. The average Bonchev–Trinajstić information content (AvgIpc) is 2.53. The molecule has 1 aromatic carbocycles. The summed E-state index contributed by atoms with van der Waals surface area (Å²) in [6.45, 7) is 8.66. The summed E-state index contributed by atoms with van der Waals surface area (Å²) in [4.78, 5) is 14.3. The maximum Gasteiger partial charge on any atom is 0.243 e. The standard InChI is InChI=1S/C19H28N2O/c1-16-4-6-18(7-5-16)8-9-19(22)20-12-3-13-21-14-10-17(2)11-15-21/h4-9,17H,3,10-15H2,1-2H3,(H,20,22)/b9-8+. The highest BCUT2D eigenvalue weighted by atomic mass is 16.1. The summed E-state index contributed by atoms with van der Waals surface area (Å²) < 4.78 is 0. The Bertz CT molecular complexity index is 485. The van der Waals surface area contributed by atoms with Crippen molar-refractivity contribution in [1.29, 1.82) is 0 Å². The van der Waals surface area contributed by atoms with Crippen LogP contribution in [0, 0.1) is 12.8 Å². The second-order valence-corrected chi connectivity index (χ2v) is 6.41. The Morgan fingerprint density at radius 2 is 1.95 bits per heavy atom. The molecule has 0 aromatic heterocycles. The minimum absolute atomic E-state index is 0.00663. The monoisotopic (exact) mass is 300 g/mol. The van der Waals surface area contributed by atoms with E-state index in [2.05, 4.69) is 36.2 Å². The third kappa shape index (κ3) is 6.02. The van der Waals surface area contributed by atoms with Crippen LogP contribution in [-0.2, 0) is 4.79 Å². The molecule has 0 spiro atoms. The van der Waals surface area contributed by atoms with Crippen LogP contribution in [0.3, 0.4) is 0 Å². The third-order valence-corrected chi connectivity index (χ3v) is 4.33. The van der Waals surface area contributed by atoms with Gasteiger partial charge in [-0.25, -0.2) is 0 Å². The van der Waals surface area contributed by atoms with Gasteiger partial charge in [0.15, 0.2) is 0 Å². The van der Waals surface area contributed by atoms with E-state index in [-0.39, 0.29) is 5.91 Å². The van der Waals surface area contributed by atoms with Crippen molar-refractivity contribution in [2.24, 2.45) is 5.92 Å². The zero-order valence-electron chi connectivity index (χ0n) is 13.8. The molecule has 0 aliphatic carbocycles. The van der Waals surface area contributed by atoms with Crippen molar-refractivity contribution in [1.82, 2.24) is 10.2 Å². The minimum atomic E-state index is -0.00663. The van der Waals surface area contributed by atoms with Gasteiger partial charge in [-0.05, 0) is 63.4 Å². The van der Waals surface area contributed by atoms with Gasteiger partial charge < -0.3 is 10.2 Å². The van der Waals surface area contributed by atoms with Crippen LogP contribution in [0.5, 0.6) is 0 Å². The maximum atomic E-state index is 11.8. The van der Waals surface area contributed by atoms with E-state index in [4.69, 9.17) is 0 Å². The number of nitrogens with zero attached hydrogens (tertiary/aromatic N) is 1. The molecule has 0 saturated carbocycles. The number of amides is 1. The van der Waals surface area contributed by atoms with Gasteiger partial charge >= 0.3 is 0 Å². The number of nitrogens with one attached hydrogen (secondary N) is 1. The molecule has 1 aromatic rings. The van der Waals surface area contributed by atoms with Crippen LogP contribution in [0.4, 0.5) is 0 Å². The fourth-order valence-corrected chi connectivity index (χ4v) is 2.71. The fraction of sp³-hybridized carbons (Fsp3) is 0.526. The van der Waals surface area contributed by atoms with Crippen LogP contribution in [0.1, 0.15) is 37.3 Å². The van der Waals surface area contributed by atoms with E-state index in [1.165, 1.54) is 31.5 Å². The maximum absolute atomic E-state index is 11.8. The Balaban J connectivity index is 1.60. The minimum Gasteiger partial charge on any atom is -0.353 e. The predicted molar refractivity (Wildman–Crippen MR) is 92.7 cm³/mol. The van der Waals surface area contributed by atoms with Gasteiger partial charge in [0.05, 0.1) is 0 Å². The number of benzene rings is 1. The first-order valence-corrected chi connectivity index (χ1v) is 8.38.